The van der Waals surface area contributed by atoms with Crippen LogP contribution in [0.1, 0.15) is 26.2 Å². The predicted octanol–water partition coefficient (Wildman–Crippen LogP) is 1.56. The van der Waals surface area contributed by atoms with Crippen LogP contribution in [0.3, 0.4) is 0 Å². The van der Waals surface area contributed by atoms with Crippen LogP contribution in [-0.2, 0) is 4.79 Å². The molecule has 1 fully saturated rings. The lowest BCUT2D eigenvalue weighted by atomic mass is 9.93. The summed E-state index contributed by atoms with van der Waals surface area (Å²) in [6, 6.07) is 1.86. The summed E-state index contributed by atoms with van der Waals surface area (Å²) in [5, 5.41) is 13.8. The Morgan fingerprint density at radius 2 is 2.37 bits per heavy atom. The standard InChI is InChI=1S/C13H16N4O2/c1-2-13(12(18)19)5-3-8-16(13)11-10-4-6-15-17(10)9-7-14-11/h4,6-7,9H,2-3,5,8H2,1H3,(H,18,19). The van der Waals surface area contributed by atoms with Crippen LogP contribution >= 0.6 is 0 Å². The highest BCUT2D eigenvalue weighted by atomic mass is 16.4. The summed E-state index contributed by atoms with van der Waals surface area (Å²) in [6.45, 7) is 2.64. The van der Waals surface area contributed by atoms with Crippen LogP contribution in [0.2, 0.25) is 0 Å². The number of nitrogens with zero attached hydrogens (tertiary/aromatic N) is 4. The zero-order valence-electron chi connectivity index (χ0n) is 10.8. The minimum atomic E-state index is -0.834. The van der Waals surface area contributed by atoms with Crippen LogP contribution in [0.5, 0.6) is 0 Å². The first-order valence-corrected chi connectivity index (χ1v) is 6.48. The number of hydrogen-bond acceptors (Lipinski definition) is 4. The molecule has 1 unspecified atom stereocenters. The lowest BCUT2D eigenvalue weighted by Gasteiger charge is -2.34. The topological polar surface area (TPSA) is 70.7 Å². The number of carboxylic acid groups (broad SMARTS) is 1. The van der Waals surface area contributed by atoms with Gasteiger partial charge in [-0.25, -0.2) is 14.3 Å². The summed E-state index contributed by atoms with van der Waals surface area (Å²) in [7, 11) is 0. The summed E-state index contributed by atoms with van der Waals surface area (Å²) in [5.74, 6) is -0.0578. The van der Waals surface area contributed by atoms with Crippen LogP contribution in [0, 0.1) is 0 Å². The lowest BCUT2D eigenvalue weighted by Crippen LogP contribution is -2.50. The van der Waals surface area contributed by atoms with Crippen molar-refractivity contribution >= 4 is 17.3 Å². The normalized spacial score (nSPS) is 23.1. The van der Waals surface area contributed by atoms with Crippen molar-refractivity contribution in [2.75, 3.05) is 11.4 Å². The number of hydrogen-bond donors (Lipinski definition) is 1. The molecule has 1 atom stereocenters. The molecule has 1 aliphatic heterocycles. The van der Waals surface area contributed by atoms with Crippen molar-refractivity contribution in [2.24, 2.45) is 0 Å². The summed E-state index contributed by atoms with van der Waals surface area (Å²) < 4.78 is 1.73. The molecule has 0 bridgehead atoms. The molecule has 0 spiro atoms. The first-order valence-electron chi connectivity index (χ1n) is 6.48. The van der Waals surface area contributed by atoms with Crippen molar-refractivity contribution in [3.05, 3.63) is 24.7 Å². The molecule has 1 saturated heterocycles. The maximum Gasteiger partial charge on any atom is 0.329 e. The molecule has 3 heterocycles. The van der Waals surface area contributed by atoms with Gasteiger partial charge in [0.15, 0.2) is 5.82 Å². The molecular weight excluding hydrogens is 244 g/mol. The van der Waals surface area contributed by atoms with E-state index >= 15 is 0 Å². The second-order valence-corrected chi connectivity index (χ2v) is 4.86. The van der Waals surface area contributed by atoms with Gasteiger partial charge in [-0.15, -0.1) is 0 Å². The number of aliphatic carboxylic acids is 1. The Bertz CT molecular complexity index is 624. The Morgan fingerprint density at radius 1 is 1.53 bits per heavy atom. The molecule has 0 aromatic carbocycles. The number of rotatable bonds is 3. The third-order valence-electron chi connectivity index (χ3n) is 4.03. The van der Waals surface area contributed by atoms with E-state index in [1.54, 1.807) is 23.1 Å². The molecule has 1 N–H and O–H groups in total. The molecule has 0 saturated carbocycles. The largest absolute Gasteiger partial charge is 0.479 e. The van der Waals surface area contributed by atoms with E-state index in [2.05, 4.69) is 10.1 Å². The summed E-state index contributed by atoms with van der Waals surface area (Å²) in [5.41, 5.74) is 0.0162. The molecule has 6 nitrogen and oxygen atoms in total. The number of carbonyl (C=O) groups is 1. The first-order chi connectivity index (χ1) is 9.19. The van der Waals surface area contributed by atoms with E-state index in [-0.39, 0.29) is 0 Å². The fourth-order valence-electron chi connectivity index (χ4n) is 2.98. The minimum Gasteiger partial charge on any atom is -0.479 e. The molecule has 3 rings (SSSR count). The predicted molar refractivity (Wildman–Crippen MR) is 70.2 cm³/mol. The Balaban J connectivity index is 2.15. The Hall–Kier alpha value is -2.11. The third kappa shape index (κ3) is 1.59. The zero-order valence-corrected chi connectivity index (χ0v) is 10.8. The molecule has 0 aliphatic carbocycles. The molecule has 1 aliphatic rings. The number of aromatic nitrogens is 3. The Labute approximate surface area is 110 Å². The average Bonchev–Trinajstić information content (AvgIpc) is 3.05. The van der Waals surface area contributed by atoms with Gasteiger partial charge in [-0.2, -0.15) is 5.10 Å². The van der Waals surface area contributed by atoms with Crippen LogP contribution in [0.15, 0.2) is 24.7 Å². The molecule has 6 heteroatoms. The van der Waals surface area contributed by atoms with E-state index in [9.17, 15) is 9.90 Å². The van der Waals surface area contributed by atoms with Gasteiger partial charge in [0, 0.05) is 18.9 Å². The van der Waals surface area contributed by atoms with Crippen molar-refractivity contribution in [3.63, 3.8) is 0 Å². The van der Waals surface area contributed by atoms with Crippen LogP contribution in [0.25, 0.3) is 5.52 Å². The third-order valence-corrected chi connectivity index (χ3v) is 4.03. The lowest BCUT2D eigenvalue weighted by molar-refractivity contribution is -0.143. The smallest absolute Gasteiger partial charge is 0.329 e. The van der Waals surface area contributed by atoms with E-state index in [1.807, 2.05) is 17.9 Å². The van der Waals surface area contributed by atoms with Crippen molar-refractivity contribution in [1.82, 2.24) is 14.6 Å². The van der Waals surface area contributed by atoms with Gasteiger partial charge in [-0.1, -0.05) is 6.92 Å². The monoisotopic (exact) mass is 260 g/mol. The molecule has 100 valence electrons. The fraction of sp³-hybridized carbons (Fsp3) is 0.462. The maximum atomic E-state index is 11.7. The summed E-state index contributed by atoms with van der Waals surface area (Å²) in [4.78, 5) is 18.0. The second kappa shape index (κ2) is 4.22. The van der Waals surface area contributed by atoms with Crippen molar-refractivity contribution in [1.29, 1.82) is 0 Å². The van der Waals surface area contributed by atoms with Crippen LogP contribution in [-0.4, -0.2) is 37.8 Å². The highest BCUT2D eigenvalue weighted by Gasteiger charge is 2.47. The second-order valence-electron chi connectivity index (χ2n) is 4.86. The highest BCUT2D eigenvalue weighted by Crippen LogP contribution is 2.37. The highest BCUT2D eigenvalue weighted by molar-refractivity contribution is 5.86. The number of anilines is 1. The first kappa shape index (κ1) is 12.0. The minimum absolute atomic E-state index is 0.569. The SMILES string of the molecule is CCC1(C(=O)O)CCCN1c1nccn2nccc12. The van der Waals surface area contributed by atoms with E-state index < -0.39 is 11.5 Å². The van der Waals surface area contributed by atoms with Gasteiger partial charge in [0.25, 0.3) is 0 Å². The van der Waals surface area contributed by atoms with Crippen molar-refractivity contribution in [3.8, 4) is 0 Å². The Morgan fingerprint density at radius 3 is 3.11 bits per heavy atom. The summed E-state index contributed by atoms with van der Waals surface area (Å²) >= 11 is 0. The quantitative estimate of drug-likeness (QED) is 0.906. The van der Waals surface area contributed by atoms with Gasteiger partial charge in [0.2, 0.25) is 0 Å². The van der Waals surface area contributed by atoms with E-state index in [0.717, 1.165) is 18.5 Å². The van der Waals surface area contributed by atoms with E-state index in [4.69, 9.17) is 0 Å². The van der Waals surface area contributed by atoms with Crippen molar-refractivity contribution in [2.45, 2.75) is 31.7 Å². The average molecular weight is 260 g/mol. The molecule has 0 radical (unpaired) electrons. The van der Waals surface area contributed by atoms with Gasteiger partial charge in [0.05, 0.1) is 6.20 Å². The van der Waals surface area contributed by atoms with Gasteiger partial charge < -0.3 is 10.0 Å². The molecule has 2 aromatic heterocycles. The Kier molecular flexibility index (Phi) is 2.66. The van der Waals surface area contributed by atoms with Gasteiger partial charge >= 0.3 is 5.97 Å². The van der Waals surface area contributed by atoms with Crippen LogP contribution < -0.4 is 4.90 Å². The fourth-order valence-corrected chi connectivity index (χ4v) is 2.98. The van der Waals surface area contributed by atoms with Gasteiger partial charge in [-0.3, -0.25) is 0 Å². The number of carboxylic acids is 1. The van der Waals surface area contributed by atoms with Crippen LogP contribution in [0.4, 0.5) is 5.82 Å². The molecule has 19 heavy (non-hydrogen) atoms. The maximum absolute atomic E-state index is 11.7. The zero-order chi connectivity index (χ0) is 13.5. The molecule has 0 amide bonds. The molecular formula is C13H16N4O2. The summed E-state index contributed by atoms with van der Waals surface area (Å²) in [6.07, 6.45) is 7.23. The van der Waals surface area contributed by atoms with Crippen molar-refractivity contribution < 1.29 is 9.90 Å². The van der Waals surface area contributed by atoms with Gasteiger partial charge in [-0.05, 0) is 25.3 Å². The van der Waals surface area contributed by atoms with Gasteiger partial charge in [0.1, 0.15) is 11.1 Å². The number of fused-ring (bicyclic) bond motifs is 1. The van der Waals surface area contributed by atoms with E-state index in [0.29, 0.717) is 18.7 Å². The van der Waals surface area contributed by atoms with E-state index in [1.165, 1.54) is 0 Å². The molecule has 2 aromatic rings.